The molecule has 8 aromatic carbocycles. The largest absolute Gasteiger partial charge is 0.0619 e. The fourth-order valence-corrected chi connectivity index (χ4v) is 10.4. The van der Waals surface area contributed by atoms with Gasteiger partial charge < -0.3 is 0 Å². The van der Waals surface area contributed by atoms with Gasteiger partial charge in [-0.2, -0.15) is 0 Å². The molecule has 8 aromatic rings. The van der Waals surface area contributed by atoms with Crippen LogP contribution in [0, 0.1) is 0 Å². The van der Waals surface area contributed by atoms with Gasteiger partial charge in [0.05, 0.1) is 0 Å². The summed E-state index contributed by atoms with van der Waals surface area (Å²) in [7, 11) is 0. The Morgan fingerprint density at radius 2 is 0.608 bits per heavy atom. The van der Waals surface area contributed by atoms with Gasteiger partial charge in [-0.25, -0.2) is 0 Å². The predicted octanol–water partition coefficient (Wildman–Crippen LogP) is 13.7. The van der Waals surface area contributed by atoms with Gasteiger partial charge in [-0.05, 0) is 147 Å². The molecular weight excluding hydrogens is 613 g/mol. The number of fused-ring (bicyclic) bond motifs is 15. The molecule has 11 rings (SSSR count). The van der Waals surface area contributed by atoms with E-state index in [0.717, 1.165) is 0 Å². The predicted molar refractivity (Wildman–Crippen MR) is 217 cm³/mol. The third kappa shape index (κ3) is 3.60. The highest BCUT2D eigenvalue weighted by molar-refractivity contribution is 6.26. The van der Waals surface area contributed by atoms with Crippen LogP contribution in [0.3, 0.4) is 0 Å². The van der Waals surface area contributed by atoms with Crippen molar-refractivity contribution in [1.29, 1.82) is 0 Å². The first-order valence-corrected chi connectivity index (χ1v) is 18.5. The van der Waals surface area contributed by atoms with Crippen molar-refractivity contribution in [3.8, 4) is 44.5 Å². The van der Waals surface area contributed by atoms with E-state index in [9.17, 15) is 0 Å². The van der Waals surface area contributed by atoms with Gasteiger partial charge in [0.2, 0.25) is 0 Å². The summed E-state index contributed by atoms with van der Waals surface area (Å²) >= 11 is 0. The summed E-state index contributed by atoms with van der Waals surface area (Å²) in [5, 5.41) is 8.04. The van der Waals surface area contributed by atoms with E-state index < -0.39 is 0 Å². The molecule has 244 valence electrons. The molecule has 0 saturated carbocycles. The second-order valence-corrected chi connectivity index (χ2v) is 16.9. The van der Waals surface area contributed by atoms with E-state index in [1.165, 1.54) is 110 Å². The SMILES string of the molecule is CC1(C)c2ccccc2-c2ccc(-c3ccc4c(c3)C(C)(C)c3cc5c(cc3-4)C(C)(C)c3cc4c6ccccc6c6ccccc6c4cc3-5)cc21. The summed E-state index contributed by atoms with van der Waals surface area (Å²) in [6.07, 6.45) is 0. The Bertz CT molecular complexity index is 2870. The summed E-state index contributed by atoms with van der Waals surface area (Å²) in [6.45, 7) is 14.5. The van der Waals surface area contributed by atoms with Gasteiger partial charge in [0.1, 0.15) is 0 Å². The van der Waals surface area contributed by atoms with Gasteiger partial charge >= 0.3 is 0 Å². The van der Waals surface area contributed by atoms with Crippen molar-refractivity contribution in [2.45, 2.75) is 57.8 Å². The standard InChI is InChI=1S/C51H40/c1-49(2)43-18-12-11-17-35(43)36-21-19-29(23-44(36)49)30-20-22-37-41-27-48-42(28-47(41)50(3,4)45(37)24-30)40-25-38-33-15-9-7-13-31(33)32-14-8-10-16-34(32)39(38)26-46(40)51(48,5)6/h7-28H,1-6H3. The summed E-state index contributed by atoms with van der Waals surface area (Å²) < 4.78 is 0. The second-order valence-electron chi connectivity index (χ2n) is 16.9. The lowest BCUT2D eigenvalue weighted by molar-refractivity contribution is 0.652. The maximum Gasteiger partial charge on any atom is 0.0159 e. The first-order valence-electron chi connectivity index (χ1n) is 18.5. The Morgan fingerprint density at radius 1 is 0.255 bits per heavy atom. The lowest BCUT2D eigenvalue weighted by Crippen LogP contribution is -2.17. The number of rotatable bonds is 1. The lowest BCUT2D eigenvalue weighted by Gasteiger charge is -2.24. The molecule has 0 bridgehead atoms. The van der Waals surface area contributed by atoms with Crippen LogP contribution >= 0.6 is 0 Å². The van der Waals surface area contributed by atoms with Crippen LogP contribution in [0.25, 0.3) is 76.8 Å². The summed E-state index contributed by atoms with van der Waals surface area (Å²) in [4.78, 5) is 0. The van der Waals surface area contributed by atoms with Gasteiger partial charge in [0.25, 0.3) is 0 Å². The zero-order chi connectivity index (χ0) is 34.6. The third-order valence-corrected chi connectivity index (χ3v) is 13.3. The van der Waals surface area contributed by atoms with E-state index >= 15 is 0 Å². The third-order valence-electron chi connectivity index (χ3n) is 13.3. The Morgan fingerprint density at radius 3 is 1.18 bits per heavy atom. The Hall–Kier alpha value is -5.46. The van der Waals surface area contributed by atoms with E-state index in [1.54, 1.807) is 0 Å². The molecule has 0 amide bonds. The van der Waals surface area contributed by atoms with Gasteiger partial charge in [0, 0.05) is 16.2 Å². The molecule has 0 unspecified atom stereocenters. The van der Waals surface area contributed by atoms with Crippen LogP contribution < -0.4 is 0 Å². The molecule has 0 fully saturated rings. The normalized spacial score (nSPS) is 16.5. The van der Waals surface area contributed by atoms with Gasteiger partial charge in [0.15, 0.2) is 0 Å². The molecule has 0 N–H and O–H groups in total. The summed E-state index contributed by atoms with van der Waals surface area (Å²) in [6, 6.07) is 51.3. The van der Waals surface area contributed by atoms with Crippen LogP contribution in [0.2, 0.25) is 0 Å². The van der Waals surface area contributed by atoms with Crippen molar-refractivity contribution in [1.82, 2.24) is 0 Å². The maximum absolute atomic E-state index is 2.56. The highest BCUT2D eigenvalue weighted by Gasteiger charge is 2.42. The highest BCUT2D eigenvalue weighted by atomic mass is 14.5. The Labute approximate surface area is 300 Å². The van der Waals surface area contributed by atoms with Crippen LogP contribution in [0.4, 0.5) is 0 Å². The molecule has 3 aliphatic carbocycles. The van der Waals surface area contributed by atoms with Crippen molar-refractivity contribution >= 4 is 32.3 Å². The minimum absolute atomic E-state index is 0.0114. The minimum atomic E-state index is -0.116. The first kappa shape index (κ1) is 29.3. The molecular formula is C51H40. The fourth-order valence-electron chi connectivity index (χ4n) is 10.4. The van der Waals surface area contributed by atoms with E-state index in [2.05, 4.69) is 175 Å². The van der Waals surface area contributed by atoms with E-state index in [4.69, 9.17) is 0 Å². The van der Waals surface area contributed by atoms with Crippen LogP contribution in [-0.2, 0) is 16.2 Å². The van der Waals surface area contributed by atoms with Crippen LogP contribution in [-0.4, -0.2) is 0 Å². The number of hydrogen-bond donors (Lipinski definition) is 0. The summed E-state index contributed by atoms with van der Waals surface area (Å²) in [5.41, 5.74) is 19.3. The van der Waals surface area contributed by atoms with Crippen molar-refractivity contribution in [3.05, 3.63) is 167 Å². The van der Waals surface area contributed by atoms with Gasteiger partial charge in [-0.1, -0.05) is 139 Å². The molecule has 0 nitrogen and oxygen atoms in total. The topological polar surface area (TPSA) is 0 Å². The molecule has 0 aromatic heterocycles. The van der Waals surface area contributed by atoms with Crippen LogP contribution in [0.1, 0.15) is 74.9 Å². The van der Waals surface area contributed by atoms with Crippen molar-refractivity contribution in [2.24, 2.45) is 0 Å². The molecule has 0 saturated heterocycles. The second kappa shape index (κ2) is 9.45. The van der Waals surface area contributed by atoms with Crippen molar-refractivity contribution in [3.63, 3.8) is 0 Å². The average molecular weight is 653 g/mol. The number of benzene rings is 8. The van der Waals surface area contributed by atoms with E-state index in [-0.39, 0.29) is 16.2 Å². The zero-order valence-electron chi connectivity index (χ0n) is 30.2. The fraction of sp³-hybridized carbons (Fsp3) is 0.176. The number of hydrogen-bond acceptors (Lipinski definition) is 0. The minimum Gasteiger partial charge on any atom is -0.0619 e. The van der Waals surface area contributed by atoms with Crippen LogP contribution in [0.15, 0.2) is 133 Å². The van der Waals surface area contributed by atoms with E-state index in [1.807, 2.05) is 0 Å². The molecule has 0 atom stereocenters. The maximum atomic E-state index is 2.56. The smallest absolute Gasteiger partial charge is 0.0159 e. The average Bonchev–Trinajstić information content (AvgIpc) is 3.62. The van der Waals surface area contributed by atoms with Crippen LogP contribution in [0.5, 0.6) is 0 Å². The molecule has 0 spiro atoms. The van der Waals surface area contributed by atoms with Crippen molar-refractivity contribution < 1.29 is 0 Å². The summed E-state index contributed by atoms with van der Waals surface area (Å²) in [5.74, 6) is 0. The highest BCUT2D eigenvalue weighted by Crippen LogP contribution is 2.58. The lowest BCUT2D eigenvalue weighted by atomic mass is 9.78. The van der Waals surface area contributed by atoms with Gasteiger partial charge in [-0.3, -0.25) is 0 Å². The monoisotopic (exact) mass is 652 g/mol. The zero-order valence-corrected chi connectivity index (χ0v) is 30.2. The van der Waals surface area contributed by atoms with Gasteiger partial charge in [-0.15, -0.1) is 0 Å². The molecule has 0 heteroatoms. The molecule has 0 heterocycles. The van der Waals surface area contributed by atoms with Crippen molar-refractivity contribution in [2.75, 3.05) is 0 Å². The molecule has 51 heavy (non-hydrogen) atoms. The first-order chi connectivity index (χ1) is 24.5. The van der Waals surface area contributed by atoms with E-state index in [0.29, 0.717) is 0 Å². The molecule has 3 aliphatic rings. The molecule has 0 radical (unpaired) electrons. The quantitative estimate of drug-likeness (QED) is 0.155. The Kier molecular flexibility index (Phi) is 5.43. The molecule has 0 aliphatic heterocycles. The Balaban J connectivity index is 1.07.